The third-order valence-electron chi connectivity index (χ3n) is 9.74. The molecule has 3 aromatic carbocycles. The molecule has 4 heterocycles. The van der Waals surface area contributed by atoms with Crippen molar-refractivity contribution in [2.24, 2.45) is 11.8 Å². The largest absolute Gasteiger partial charge is 0.494 e. The molecular formula is C34H33ClFN3O6. The van der Waals surface area contributed by atoms with E-state index in [9.17, 15) is 9.18 Å². The topological polar surface area (TPSA) is 84.3 Å². The third-order valence-corrected chi connectivity index (χ3v) is 9.98. The summed E-state index contributed by atoms with van der Waals surface area (Å²) in [6.07, 6.45) is 1.10. The number of ether oxygens (including phenoxy) is 5. The molecule has 0 spiro atoms. The summed E-state index contributed by atoms with van der Waals surface area (Å²) in [5.74, 6) is 1.87. The molecule has 45 heavy (non-hydrogen) atoms. The molecule has 3 unspecified atom stereocenters. The lowest BCUT2D eigenvalue weighted by Gasteiger charge is -2.28. The van der Waals surface area contributed by atoms with Crippen molar-refractivity contribution >= 4 is 28.6 Å². The van der Waals surface area contributed by atoms with Gasteiger partial charge in [0.15, 0.2) is 11.5 Å². The average molecular weight is 634 g/mol. The first-order valence-corrected chi connectivity index (χ1v) is 15.6. The maximum atomic E-state index is 14.9. The molecule has 0 bridgehead atoms. The number of esters is 1. The molecule has 11 heteroatoms. The minimum atomic E-state index is -1.28. The van der Waals surface area contributed by atoms with Crippen molar-refractivity contribution in [1.82, 2.24) is 14.5 Å². The van der Waals surface area contributed by atoms with E-state index >= 15 is 0 Å². The van der Waals surface area contributed by atoms with E-state index in [2.05, 4.69) is 15.5 Å². The quantitative estimate of drug-likeness (QED) is 0.222. The first-order chi connectivity index (χ1) is 21.8. The maximum absolute atomic E-state index is 14.9. The van der Waals surface area contributed by atoms with Crippen molar-refractivity contribution in [1.29, 1.82) is 0 Å². The number of carbonyl (C=O) groups is 1. The molecule has 0 radical (unpaired) electrons. The number of nitrogens with zero attached hydrogens (tertiary/aromatic N) is 3. The number of rotatable bonds is 8. The minimum absolute atomic E-state index is 0.111. The van der Waals surface area contributed by atoms with Crippen LogP contribution in [0, 0.1) is 17.7 Å². The molecule has 5 atom stereocenters. The van der Waals surface area contributed by atoms with Gasteiger partial charge in [-0.2, -0.15) is 0 Å². The molecule has 2 saturated heterocycles. The fourth-order valence-corrected chi connectivity index (χ4v) is 7.53. The second-order valence-corrected chi connectivity index (χ2v) is 12.9. The fraction of sp³-hybridized carbons (Fsp3) is 0.412. The van der Waals surface area contributed by atoms with Gasteiger partial charge in [0.25, 0.3) is 5.79 Å². The van der Waals surface area contributed by atoms with Gasteiger partial charge in [-0.25, -0.2) is 14.2 Å². The van der Waals surface area contributed by atoms with Crippen LogP contribution in [-0.4, -0.2) is 60.4 Å². The highest BCUT2D eigenvalue weighted by Gasteiger charge is 2.58. The lowest BCUT2D eigenvalue weighted by molar-refractivity contribution is -0.0710. The Morgan fingerprint density at radius 3 is 2.62 bits per heavy atom. The Bertz CT molecular complexity index is 1830. The maximum Gasteiger partial charge on any atom is 0.338 e. The van der Waals surface area contributed by atoms with Gasteiger partial charge in [-0.05, 0) is 60.6 Å². The summed E-state index contributed by atoms with van der Waals surface area (Å²) in [5, 5.41) is 0.323. The number of piperidine rings is 1. The van der Waals surface area contributed by atoms with Crippen LogP contribution in [0.5, 0.6) is 17.2 Å². The van der Waals surface area contributed by atoms with E-state index in [4.69, 9.17) is 40.3 Å². The van der Waals surface area contributed by atoms with Gasteiger partial charge in [-0.1, -0.05) is 23.7 Å². The standard InChI is InChI=1S/C34H33ClFN3O6/c1-34(24-8-7-19(35)13-25(24)36)44-27-6-4-5-21(32(27)45-34)30-22-15-38(16-23(22)30)17-29-37-31-26(39(29)14-20-9-10-43-20)11-18(33(40)42-3)12-28(31)41-2/h4-8,11-13,20,22-23,30H,9-10,14-17H2,1-3H3/t20?,22-,23+,30?,34?. The van der Waals surface area contributed by atoms with Crippen LogP contribution >= 0.6 is 11.6 Å². The van der Waals surface area contributed by atoms with Crippen LogP contribution in [-0.2, 0) is 28.4 Å². The van der Waals surface area contributed by atoms with Crippen LogP contribution in [0.4, 0.5) is 4.39 Å². The number of halogens is 2. The number of likely N-dealkylation sites (tertiary alicyclic amines) is 1. The highest BCUT2D eigenvalue weighted by molar-refractivity contribution is 6.30. The first kappa shape index (κ1) is 28.6. The number of methoxy groups -OCH3 is 2. The normalized spacial score (nSPS) is 26.5. The van der Waals surface area contributed by atoms with Crippen molar-refractivity contribution < 1.29 is 32.9 Å². The number of para-hydroxylation sites is 1. The van der Waals surface area contributed by atoms with Gasteiger partial charge in [0.2, 0.25) is 0 Å². The van der Waals surface area contributed by atoms with E-state index in [0.29, 0.717) is 64.2 Å². The number of imidazole rings is 1. The Kier molecular flexibility index (Phi) is 6.74. The number of carbonyl (C=O) groups excluding carboxylic acids is 1. The van der Waals surface area contributed by atoms with E-state index in [1.807, 2.05) is 18.2 Å². The van der Waals surface area contributed by atoms with Crippen molar-refractivity contribution in [2.75, 3.05) is 33.9 Å². The predicted octanol–water partition coefficient (Wildman–Crippen LogP) is 5.90. The number of hydrogen-bond acceptors (Lipinski definition) is 8. The molecule has 0 N–H and O–H groups in total. The summed E-state index contributed by atoms with van der Waals surface area (Å²) >= 11 is 5.99. The second kappa shape index (κ2) is 10.6. The van der Waals surface area contributed by atoms with Crippen molar-refractivity contribution in [3.05, 3.63) is 81.9 Å². The molecule has 1 aliphatic carbocycles. The molecule has 3 fully saturated rings. The molecule has 9 nitrogen and oxygen atoms in total. The molecule has 4 aliphatic rings. The molecule has 3 aliphatic heterocycles. The Labute approximate surface area is 264 Å². The fourth-order valence-electron chi connectivity index (χ4n) is 7.37. The molecular weight excluding hydrogens is 601 g/mol. The molecule has 234 valence electrons. The SMILES string of the molecule is COC(=O)c1cc(OC)c2nc(CN3C[C@@H]4C(c5cccc6c5OC(C)(c5ccc(Cl)cc5F)O6)[C@@H]4C3)n(CC3CCO3)c2c1. The minimum Gasteiger partial charge on any atom is -0.494 e. The van der Waals surface area contributed by atoms with Crippen LogP contribution < -0.4 is 14.2 Å². The van der Waals surface area contributed by atoms with Crippen LogP contribution in [0.25, 0.3) is 11.0 Å². The molecule has 8 rings (SSSR count). The van der Waals surface area contributed by atoms with Crippen molar-refractivity contribution in [3.63, 3.8) is 0 Å². The highest BCUT2D eigenvalue weighted by atomic mass is 35.5. The van der Waals surface area contributed by atoms with Crippen LogP contribution in [0.15, 0.2) is 48.5 Å². The van der Waals surface area contributed by atoms with E-state index in [1.165, 1.54) is 13.2 Å². The highest BCUT2D eigenvalue weighted by Crippen LogP contribution is 2.62. The number of benzene rings is 3. The third kappa shape index (κ3) is 4.73. The number of hydrogen-bond donors (Lipinski definition) is 0. The van der Waals surface area contributed by atoms with E-state index in [-0.39, 0.29) is 6.10 Å². The van der Waals surface area contributed by atoms with E-state index in [1.54, 1.807) is 32.2 Å². The average Bonchev–Trinajstić information content (AvgIpc) is 3.29. The van der Waals surface area contributed by atoms with Gasteiger partial charge in [-0.15, -0.1) is 0 Å². The summed E-state index contributed by atoms with van der Waals surface area (Å²) in [4.78, 5) is 19.9. The molecule has 1 saturated carbocycles. The van der Waals surface area contributed by atoms with Crippen LogP contribution in [0.1, 0.15) is 46.6 Å². The summed E-state index contributed by atoms with van der Waals surface area (Å²) in [6, 6.07) is 14.0. The molecule has 4 aromatic rings. The summed E-state index contributed by atoms with van der Waals surface area (Å²) in [5.41, 5.74) is 3.39. The summed E-state index contributed by atoms with van der Waals surface area (Å²) < 4.78 is 46.0. The van der Waals surface area contributed by atoms with Crippen molar-refractivity contribution in [3.8, 4) is 17.2 Å². The monoisotopic (exact) mass is 633 g/mol. The van der Waals surface area contributed by atoms with E-state index in [0.717, 1.165) is 48.5 Å². The zero-order chi connectivity index (χ0) is 31.0. The van der Waals surface area contributed by atoms with Crippen molar-refractivity contribution in [2.45, 2.75) is 44.2 Å². The van der Waals surface area contributed by atoms with Gasteiger partial charge < -0.3 is 28.3 Å². The van der Waals surface area contributed by atoms with Gasteiger partial charge in [-0.3, -0.25) is 4.90 Å². The van der Waals surface area contributed by atoms with Crippen LogP contribution in [0.3, 0.4) is 0 Å². The number of aromatic nitrogens is 2. The lowest BCUT2D eigenvalue weighted by Crippen LogP contribution is -2.33. The Hall–Kier alpha value is -3.86. The van der Waals surface area contributed by atoms with Gasteiger partial charge in [0.05, 0.1) is 50.1 Å². The van der Waals surface area contributed by atoms with Gasteiger partial charge >= 0.3 is 5.97 Å². The van der Waals surface area contributed by atoms with Crippen LogP contribution in [0.2, 0.25) is 5.02 Å². The van der Waals surface area contributed by atoms with E-state index < -0.39 is 17.6 Å². The van der Waals surface area contributed by atoms with Gasteiger partial charge in [0, 0.05) is 37.2 Å². The molecule has 1 aromatic heterocycles. The Balaban J connectivity index is 1.02. The Morgan fingerprint density at radius 1 is 1.13 bits per heavy atom. The zero-order valence-corrected chi connectivity index (χ0v) is 26.0. The summed E-state index contributed by atoms with van der Waals surface area (Å²) in [7, 11) is 2.96. The Morgan fingerprint density at radius 2 is 1.93 bits per heavy atom. The smallest absolute Gasteiger partial charge is 0.338 e. The first-order valence-electron chi connectivity index (χ1n) is 15.2. The second-order valence-electron chi connectivity index (χ2n) is 12.5. The van der Waals surface area contributed by atoms with Gasteiger partial charge in [0.1, 0.15) is 22.9 Å². The number of fused-ring (bicyclic) bond motifs is 3. The zero-order valence-electron chi connectivity index (χ0n) is 25.2. The molecule has 0 amide bonds. The predicted molar refractivity (Wildman–Crippen MR) is 163 cm³/mol. The summed E-state index contributed by atoms with van der Waals surface area (Å²) in [6.45, 7) is 5.64. The lowest BCUT2D eigenvalue weighted by atomic mass is 10.0.